The summed E-state index contributed by atoms with van der Waals surface area (Å²) in [6, 6.07) is 5.98. The number of hydrogen-bond acceptors (Lipinski definition) is 4. The quantitative estimate of drug-likeness (QED) is 0.707. The van der Waals surface area contributed by atoms with Gasteiger partial charge in [-0.1, -0.05) is 12.1 Å². The average Bonchev–Trinajstić information content (AvgIpc) is 3.19. The summed E-state index contributed by atoms with van der Waals surface area (Å²) in [5.74, 6) is 0.808. The number of rotatable bonds is 2. The van der Waals surface area contributed by atoms with Crippen molar-refractivity contribution < 1.29 is 4.79 Å². The van der Waals surface area contributed by atoms with E-state index in [1.54, 1.807) is 12.4 Å². The average molecular weight is 346 g/mol. The van der Waals surface area contributed by atoms with Gasteiger partial charge < -0.3 is 4.90 Å². The van der Waals surface area contributed by atoms with Gasteiger partial charge in [0.15, 0.2) is 0 Å². The molecule has 26 heavy (non-hydrogen) atoms. The van der Waals surface area contributed by atoms with E-state index in [2.05, 4.69) is 29.9 Å². The number of carbonyl (C=O) groups is 1. The summed E-state index contributed by atoms with van der Waals surface area (Å²) >= 11 is 0. The molecule has 0 atom stereocenters. The predicted molar refractivity (Wildman–Crippen MR) is 102 cm³/mol. The molecule has 132 valence electrons. The molecule has 0 aliphatic carbocycles. The molecule has 4 rings (SSSR count). The Morgan fingerprint density at radius 1 is 1.04 bits per heavy atom. The van der Waals surface area contributed by atoms with Gasteiger partial charge in [-0.3, -0.25) is 4.79 Å². The number of benzene rings is 1. The van der Waals surface area contributed by atoms with Crippen molar-refractivity contribution >= 4 is 16.8 Å². The number of pyridine rings is 1. The summed E-state index contributed by atoms with van der Waals surface area (Å²) < 4.78 is 0. The van der Waals surface area contributed by atoms with Crippen molar-refractivity contribution in [1.29, 1.82) is 0 Å². The molecule has 1 aromatic carbocycles. The van der Waals surface area contributed by atoms with Crippen LogP contribution in [0.25, 0.3) is 22.2 Å². The summed E-state index contributed by atoms with van der Waals surface area (Å²) in [4.78, 5) is 28.5. The maximum absolute atomic E-state index is 13.2. The number of amides is 1. The highest BCUT2D eigenvalue weighted by molar-refractivity contribution is 6.08. The van der Waals surface area contributed by atoms with Gasteiger partial charge in [0.1, 0.15) is 5.82 Å². The number of carbonyl (C=O) groups excluding carboxylic acids is 1. The molecule has 1 amide bonds. The van der Waals surface area contributed by atoms with Crippen molar-refractivity contribution in [2.75, 3.05) is 13.1 Å². The fourth-order valence-corrected chi connectivity index (χ4v) is 3.47. The van der Waals surface area contributed by atoms with Gasteiger partial charge in [0.2, 0.25) is 0 Å². The van der Waals surface area contributed by atoms with Crippen LogP contribution in [0.2, 0.25) is 0 Å². The molecule has 5 nitrogen and oxygen atoms in total. The molecule has 0 radical (unpaired) electrons. The lowest BCUT2D eigenvalue weighted by Crippen LogP contribution is -2.28. The second-order valence-electron chi connectivity index (χ2n) is 6.98. The van der Waals surface area contributed by atoms with E-state index in [4.69, 9.17) is 4.98 Å². The second kappa shape index (κ2) is 6.48. The number of nitrogens with zero attached hydrogens (tertiary/aromatic N) is 4. The van der Waals surface area contributed by atoms with E-state index >= 15 is 0 Å². The van der Waals surface area contributed by atoms with Crippen molar-refractivity contribution in [2.24, 2.45) is 0 Å². The van der Waals surface area contributed by atoms with Crippen LogP contribution < -0.4 is 0 Å². The summed E-state index contributed by atoms with van der Waals surface area (Å²) in [7, 11) is 0. The van der Waals surface area contributed by atoms with Crippen LogP contribution in [-0.4, -0.2) is 38.8 Å². The Morgan fingerprint density at radius 3 is 2.42 bits per heavy atom. The molecule has 1 saturated heterocycles. The van der Waals surface area contributed by atoms with Gasteiger partial charge in [0, 0.05) is 36.4 Å². The van der Waals surface area contributed by atoms with Crippen molar-refractivity contribution in [3.63, 3.8) is 0 Å². The van der Waals surface area contributed by atoms with Crippen LogP contribution >= 0.6 is 0 Å². The van der Waals surface area contributed by atoms with E-state index < -0.39 is 0 Å². The van der Waals surface area contributed by atoms with Gasteiger partial charge in [0.05, 0.1) is 16.8 Å². The number of likely N-dealkylation sites (tertiary alicyclic amines) is 1. The molecular formula is C21H22N4O. The maximum Gasteiger partial charge on any atom is 0.254 e. The lowest BCUT2D eigenvalue weighted by molar-refractivity contribution is 0.0794. The summed E-state index contributed by atoms with van der Waals surface area (Å²) in [6.07, 6.45) is 5.69. The molecule has 0 bridgehead atoms. The first-order valence-electron chi connectivity index (χ1n) is 9.04. The van der Waals surface area contributed by atoms with Crippen LogP contribution in [0.3, 0.4) is 0 Å². The van der Waals surface area contributed by atoms with Crippen molar-refractivity contribution in [3.05, 3.63) is 53.1 Å². The molecule has 1 fully saturated rings. The van der Waals surface area contributed by atoms with Crippen LogP contribution in [-0.2, 0) is 0 Å². The van der Waals surface area contributed by atoms with Crippen molar-refractivity contribution in [3.8, 4) is 11.3 Å². The molecule has 0 saturated carbocycles. The maximum atomic E-state index is 13.2. The normalized spacial score (nSPS) is 14.2. The predicted octanol–water partition coefficient (Wildman–Crippen LogP) is 3.85. The smallest absolute Gasteiger partial charge is 0.254 e. The number of hydrogen-bond donors (Lipinski definition) is 0. The van der Waals surface area contributed by atoms with Gasteiger partial charge >= 0.3 is 0 Å². The lowest BCUT2D eigenvalue weighted by atomic mass is 9.99. The Bertz CT molecular complexity index is 989. The number of aryl methyl sites for hydroxylation is 3. The standard InChI is InChI=1S/C21H22N4O/c1-13-6-7-17-18(21(26)25-8-4-5-9-25)10-19(24-20(17)14(13)2)16-11-22-15(3)23-12-16/h6-7,10-12H,4-5,8-9H2,1-3H3. The third kappa shape index (κ3) is 2.83. The van der Waals surface area contributed by atoms with Crippen LogP contribution in [0.15, 0.2) is 30.6 Å². The minimum Gasteiger partial charge on any atom is -0.339 e. The lowest BCUT2D eigenvalue weighted by Gasteiger charge is -2.18. The van der Waals surface area contributed by atoms with E-state index in [0.29, 0.717) is 0 Å². The third-order valence-corrected chi connectivity index (χ3v) is 5.21. The van der Waals surface area contributed by atoms with Crippen molar-refractivity contribution in [2.45, 2.75) is 33.6 Å². The summed E-state index contributed by atoms with van der Waals surface area (Å²) in [5, 5.41) is 0.918. The second-order valence-corrected chi connectivity index (χ2v) is 6.98. The monoisotopic (exact) mass is 346 g/mol. The first-order chi connectivity index (χ1) is 12.5. The van der Waals surface area contributed by atoms with Crippen LogP contribution in [0.1, 0.15) is 40.2 Å². The molecule has 3 aromatic rings. The van der Waals surface area contributed by atoms with E-state index in [1.807, 2.05) is 24.0 Å². The summed E-state index contributed by atoms with van der Waals surface area (Å²) in [6.45, 7) is 7.64. The highest BCUT2D eigenvalue weighted by atomic mass is 16.2. The highest BCUT2D eigenvalue weighted by Crippen LogP contribution is 2.29. The Balaban J connectivity index is 1.94. The molecule has 2 aromatic heterocycles. The first-order valence-corrected chi connectivity index (χ1v) is 9.04. The van der Waals surface area contributed by atoms with E-state index in [0.717, 1.165) is 65.0 Å². The molecule has 5 heteroatoms. The molecule has 1 aliphatic rings. The Morgan fingerprint density at radius 2 is 1.73 bits per heavy atom. The number of fused-ring (bicyclic) bond motifs is 1. The van der Waals surface area contributed by atoms with Gasteiger partial charge in [-0.05, 0) is 50.8 Å². The minimum atomic E-state index is 0.0902. The third-order valence-electron chi connectivity index (χ3n) is 5.21. The zero-order valence-corrected chi connectivity index (χ0v) is 15.4. The Labute approximate surface area is 153 Å². The fourth-order valence-electron chi connectivity index (χ4n) is 3.47. The van der Waals surface area contributed by atoms with Crippen LogP contribution in [0.4, 0.5) is 0 Å². The zero-order chi connectivity index (χ0) is 18.3. The first kappa shape index (κ1) is 16.6. The van der Waals surface area contributed by atoms with Gasteiger partial charge in [0.25, 0.3) is 5.91 Å². The molecule has 0 N–H and O–H groups in total. The molecule has 3 heterocycles. The Hall–Kier alpha value is -2.82. The van der Waals surface area contributed by atoms with Crippen LogP contribution in [0.5, 0.6) is 0 Å². The van der Waals surface area contributed by atoms with Gasteiger partial charge in [-0.2, -0.15) is 0 Å². The van der Waals surface area contributed by atoms with Crippen LogP contribution in [0, 0.1) is 20.8 Å². The zero-order valence-electron chi connectivity index (χ0n) is 15.4. The highest BCUT2D eigenvalue weighted by Gasteiger charge is 2.23. The van der Waals surface area contributed by atoms with E-state index in [1.165, 1.54) is 5.56 Å². The molecule has 0 spiro atoms. The number of aromatic nitrogens is 3. The molecular weight excluding hydrogens is 324 g/mol. The van der Waals surface area contributed by atoms with E-state index in [9.17, 15) is 4.79 Å². The SMILES string of the molecule is Cc1ncc(-c2cc(C(=O)N3CCCC3)c3ccc(C)c(C)c3n2)cn1. The minimum absolute atomic E-state index is 0.0902. The molecule has 1 aliphatic heterocycles. The summed E-state index contributed by atoms with van der Waals surface area (Å²) in [5.41, 5.74) is 5.44. The topological polar surface area (TPSA) is 59.0 Å². The Kier molecular flexibility index (Phi) is 4.15. The van der Waals surface area contributed by atoms with E-state index in [-0.39, 0.29) is 5.91 Å². The van der Waals surface area contributed by atoms with Crippen molar-refractivity contribution in [1.82, 2.24) is 19.9 Å². The fraction of sp³-hybridized carbons (Fsp3) is 0.333. The van der Waals surface area contributed by atoms with Gasteiger partial charge in [-0.25, -0.2) is 15.0 Å². The molecule has 0 unspecified atom stereocenters. The largest absolute Gasteiger partial charge is 0.339 e. The van der Waals surface area contributed by atoms with Gasteiger partial charge in [-0.15, -0.1) is 0 Å².